The summed E-state index contributed by atoms with van der Waals surface area (Å²) in [7, 11) is 1.83. The molecule has 1 aromatic carbocycles. The number of carbonyl (C=O) groups is 1. The van der Waals surface area contributed by atoms with Crippen molar-refractivity contribution in [2.45, 2.75) is 6.54 Å². The summed E-state index contributed by atoms with van der Waals surface area (Å²) in [5, 5.41) is 0. The van der Waals surface area contributed by atoms with Gasteiger partial charge in [0.1, 0.15) is 4.99 Å². The molecular weight excluding hydrogens is 222 g/mol. The Morgan fingerprint density at radius 1 is 1.44 bits per heavy atom. The summed E-state index contributed by atoms with van der Waals surface area (Å²) in [5.74, 6) is -0.340. The molecule has 0 radical (unpaired) electrons. The third-order valence-corrected chi connectivity index (χ3v) is 2.33. The van der Waals surface area contributed by atoms with E-state index in [2.05, 4.69) is 0 Å². The fourth-order valence-electron chi connectivity index (χ4n) is 1.46. The lowest BCUT2D eigenvalue weighted by molar-refractivity contribution is -0.118. The van der Waals surface area contributed by atoms with E-state index in [1.165, 1.54) is 0 Å². The molecule has 1 amide bonds. The van der Waals surface area contributed by atoms with Gasteiger partial charge in [0.05, 0.1) is 6.54 Å². The third-order valence-electron chi connectivity index (χ3n) is 2.09. The van der Waals surface area contributed by atoms with Gasteiger partial charge in [-0.15, -0.1) is 0 Å². The van der Waals surface area contributed by atoms with Crippen LogP contribution in [-0.2, 0) is 11.3 Å². The van der Waals surface area contributed by atoms with Crippen LogP contribution in [0.4, 0.5) is 0 Å². The monoisotopic (exact) mass is 237 g/mol. The molecule has 0 aliphatic heterocycles. The number of amides is 1. The van der Waals surface area contributed by atoms with E-state index >= 15 is 0 Å². The van der Waals surface area contributed by atoms with E-state index in [0.717, 1.165) is 11.1 Å². The van der Waals surface area contributed by atoms with Crippen molar-refractivity contribution in [2.75, 3.05) is 13.6 Å². The highest BCUT2D eigenvalue weighted by molar-refractivity contribution is 7.80. The van der Waals surface area contributed by atoms with Gasteiger partial charge in [0.25, 0.3) is 0 Å². The maximum absolute atomic E-state index is 10.7. The fraction of sp³-hybridized carbons (Fsp3) is 0.273. The van der Waals surface area contributed by atoms with E-state index < -0.39 is 0 Å². The summed E-state index contributed by atoms with van der Waals surface area (Å²) in [4.78, 5) is 12.9. The smallest absolute Gasteiger partial charge is 0.231 e. The summed E-state index contributed by atoms with van der Waals surface area (Å²) in [6.45, 7) is 0.872. The Morgan fingerprint density at radius 2 is 2.12 bits per heavy atom. The lowest BCUT2D eigenvalue weighted by Crippen LogP contribution is -2.30. The SMILES string of the molecule is CN(CC(N)=O)Cc1cccc(C(N)=S)c1. The average molecular weight is 237 g/mol. The van der Waals surface area contributed by atoms with E-state index in [4.69, 9.17) is 23.7 Å². The van der Waals surface area contributed by atoms with Crippen LogP contribution in [0.15, 0.2) is 24.3 Å². The molecule has 0 aliphatic rings. The van der Waals surface area contributed by atoms with E-state index in [9.17, 15) is 4.79 Å². The minimum atomic E-state index is -0.340. The van der Waals surface area contributed by atoms with Gasteiger partial charge < -0.3 is 11.5 Å². The van der Waals surface area contributed by atoms with Crippen LogP contribution in [0.5, 0.6) is 0 Å². The minimum absolute atomic E-state index is 0.233. The van der Waals surface area contributed by atoms with Crippen LogP contribution in [0.25, 0.3) is 0 Å². The summed E-state index contributed by atoms with van der Waals surface area (Å²) >= 11 is 4.90. The molecule has 0 bridgehead atoms. The summed E-state index contributed by atoms with van der Waals surface area (Å²) in [6.07, 6.45) is 0. The second-order valence-electron chi connectivity index (χ2n) is 3.70. The Hall–Kier alpha value is -1.46. The lowest BCUT2D eigenvalue weighted by atomic mass is 10.1. The Balaban J connectivity index is 2.70. The van der Waals surface area contributed by atoms with Crippen LogP contribution in [-0.4, -0.2) is 29.4 Å². The third kappa shape index (κ3) is 3.96. The maximum atomic E-state index is 10.7. The van der Waals surface area contributed by atoms with Crippen LogP contribution in [0.1, 0.15) is 11.1 Å². The number of benzene rings is 1. The zero-order chi connectivity index (χ0) is 12.1. The van der Waals surface area contributed by atoms with Gasteiger partial charge in [-0.1, -0.05) is 30.4 Å². The normalized spacial score (nSPS) is 10.4. The Kier molecular flexibility index (Phi) is 4.39. The molecule has 0 saturated carbocycles. The molecule has 0 spiro atoms. The largest absolute Gasteiger partial charge is 0.389 e. The predicted molar refractivity (Wildman–Crippen MR) is 67.9 cm³/mol. The number of carbonyl (C=O) groups excluding carboxylic acids is 1. The van der Waals surface area contributed by atoms with Gasteiger partial charge in [0, 0.05) is 12.1 Å². The number of hydrogen-bond acceptors (Lipinski definition) is 3. The summed E-state index contributed by atoms with van der Waals surface area (Å²) in [6, 6.07) is 7.63. The minimum Gasteiger partial charge on any atom is -0.389 e. The molecule has 4 N–H and O–H groups in total. The molecule has 5 heteroatoms. The van der Waals surface area contributed by atoms with Crippen molar-refractivity contribution in [1.29, 1.82) is 0 Å². The first kappa shape index (κ1) is 12.6. The van der Waals surface area contributed by atoms with Gasteiger partial charge >= 0.3 is 0 Å². The Morgan fingerprint density at radius 3 is 2.69 bits per heavy atom. The number of nitrogens with two attached hydrogens (primary N) is 2. The number of primary amides is 1. The number of rotatable bonds is 5. The standard InChI is InChI=1S/C11H15N3OS/c1-14(7-10(12)15)6-8-3-2-4-9(5-8)11(13)16/h2-5H,6-7H2,1H3,(H2,12,15)(H2,13,16). The van der Waals surface area contributed by atoms with E-state index in [1.807, 2.05) is 36.2 Å². The fourth-order valence-corrected chi connectivity index (χ4v) is 1.58. The molecule has 1 rings (SSSR count). The molecule has 0 heterocycles. The molecule has 0 unspecified atom stereocenters. The highest BCUT2D eigenvalue weighted by atomic mass is 32.1. The van der Waals surface area contributed by atoms with Crippen molar-refractivity contribution >= 4 is 23.1 Å². The number of likely N-dealkylation sites (N-methyl/N-ethyl adjacent to an activating group) is 1. The second-order valence-corrected chi connectivity index (χ2v) is 4.14. The molecule has 16 heavy (non-hydrogen) atoms. The first-order chi connectivity index (χ1) is 7.49. The predicted octanol–water partition coefficient (Wildman–Crippen LogP) is 0.238. The quantitative estimate of drug-likeness (QED) is 0.719. The first-order valence-electron chi connectivity index (χ1n) is 4.84. The Bertz CT molecular complexity index is 406. The van der Waals surface area contributed by atoms with E-state index in [0.29, 0.717) is 11.5 Å². The molecule has 0 aromatic heterocycles. The van der Waals surface area contributed by atoms with E-state index in [1.54, 1.807) is 0 Å². The van der Waals surface area contributed by atoms with Crippen LogP contribution < -0.4 is 11.5 Å². The van der Waals surface area contributed by atoms with Crippen molar-refractivity contribution in [1.82, 2.24) is 4.90 Å². The van der Waals surface area contributed by atoms with Gasteiger partial charge in [-0.3, -0.25) is 9.69 Å². The molecule has 0 fully saturated rings. The van der Waals surface area contributed by atoms with Crippen molar-refractivity contribution in [3.8, 4) is 0 Å². The zero-order valence-electron chi connectivity index (χ0n) is 9.14. The average Bonchev–Trinajstić information content (AvgIpc) is 2.16. The lowest BCUT2D eigenvalue weighted by Gasteiger charge is -2.14. The molecule has 0 atom stereocenters. The van der Waals surface area contributed by atoms with Crippen molar-refractivity contribution in [3.63, 3.8) is 0 Å². The van der Waals surface area contributed by atoms with Gasteiger partial charge in [0.15, 0.2) is 0 Å². The zero-order valence-corrected chi connectivity index (χ0v) is 9.96. The van der Waals surface area contributed by atoms with Crippen molar-refractivity contribution in [2.24, 2.45) is 11.5 Å². The topological polar surface area (TPSA) is 72.3 Å². The molecule has 0 aliphatic carbocycles. The highest BCUT2D eigenvalue weighted by Gasteiger charge is 2.04. The molecular formula is C11H15N3OS. The highest BCUT2D eigenvalue weighted by Crippen LogP contribution is 2.07. The maximum Gasteiger partial charge on any atom is 0.231 e. The molecule has 86 valence electrons. The van der Waals surface area contributed by atoms with Gasteiger partial charge in [0.2, 0.25) is 5.91 Å². The molecule has 1 aromatic rings. The van der Waals surface area contributed by atoms with Crippen LogP contribution in [0, 0.1) is 0 Å². The van der Waals surface area contributed by atoms with E-state index in [-0.39, 0.29) is 12.5 Å². The first-order valence-corrected chi connectivity index (χ1v) is 5.25. The molecule has 4 nitrogen and oxygen atoms in total. The summed E-state index contributed by atoms with van der Waals surface area (Å²) < 4.78 is 0. The number of thiocarbonyl (C=S) groups is 1. The van der Waals surface area contributed by atoms with Crippen molar-refractivity contribution in [3.05, 3.63) is 35.4 Å². The van der Waals surface area contributed by atoms with Crippen LogP contribution >= 0.6 is 12.2 Å². The Labute approximate surface area is 100 Å². The van der Waals surface area contributed by atoms with Crippen molar-refractivity contribution < 1.29 is 4.79 Å². The second kappa shape index (κ2) is 5.58. The number of hydrogen-bond donors (Lipinski definition) is 2. The van der Waals surface area contributed by atoms with Gasteiger partial charge in [-0.05, 0) is 18.7 Å². The number of nitrogens with zero attached hydrogens (tertiary/aromatic N) is 1. The van der Waals surface area contributed by atoms with Gasteiger partial charge in [-0.2, -0.15) is 0 Å². The van der Waals surface area contributed by atoms with Gasteiger partial charge in [-0.25, -0.2) is 0 Å². The van der Waals surface area contributed by atoms with Crippen LogP contribution in [0.3, 0.4) is 0 Å². The summed E-state index contributed by atoms with van der Waals surface area (Å²) in [5.41, 5.74) is 12.5. The molecule has 0 saturated heterocycles. The van der Waals surface area contributed by atoms with Crippen LogP contribution in [0.2, 0.25) is 0 Å².